The van der Waals surface area contributed by atoms with Gasteiger partial charge in [-0.05, 0) is 75.3 Å². The lowest BCUT2D eigenvalue weighted by atomic mass is 9.65. The fourth-order valence-corrected chi connectivity index (χ4v) is 5.11. The van der Waals surface area contributed by atoms with Crippen LogP contribution in [0.4, 0.5) is 0 Å². The third kappa shape index (κ3) is 2.66. The first-order valence-electron chi connectivity index (χ1n) is 8.95. The molecule has 1 aliphatic heterocycles. The Balaban J connectivity index is 1.64. The van der Waals surface area contributed by atoms with Crippen LogP contribution in [0, 0.1) is 10.8 Å². The lowest BCUT2D eigenvalue weighted by Crippen LogP contribution is -2.59. The zero-order valence-corrected chi connectivity index (χ0v) is 13.7. The third-order valence-electron chi connectivity index (χ3n) is 7.07. The second kappa shape index (κ2) is 5.28. The van der Waals surface area contributed by atoms with Crippen molar-refractivity contribution in [1.82, 2.24) is 4.90 Å². The van der Waals surface area contributed by atoms with E-state index in [0.29, 0.717) is 11.0 Å². The maximum Gasteiger partial charge on any atom is 0.0332 e. The zero-order valence-electron chi connectivity index (χ0n) is 13.7. The summed E-state index contributed by atoms with van der Waals surface area (Å²) in [5.41, 5.74) is 7.91. The van der Waals surface area contributed by atoms with Gasteiger partial charge in [0.1, 0.15) is 0 Å². The van der Waals surface area contributed by atoms with E-state index >= 15 is 0 Å². The molecule has 20 heavy (non-hydrogen) atoms. The average Bonchev–Trinajstić information content (AvgIpc) is 2.89. The maximum atomic E-state index is 6.28. The molecule has 2 saturated carbocycles. The van der Waals surface area contributed by atoms with Crippen LogP contribution in [0.2, 0.25) is 0 Å². The summed E-state index contributed by atoms with van der Waals surface area (Å²) in [4.78, 5) is 2.78. The molecule has 116 valence electrons. The Hall–Kier alpha value is -0.0800. The van der Waals surface area contributed by atoms with Gasteiger partial charge in [0.25, 0.3) is 0 Å². The van der Waals surface area contributed by atoms with Crippen molar-refractivity contribution in [2.45, 2.75) is 83.6 Å². The number of likely N-dealkylation sites (tertiary alicyclic amines) is 1. The minimum absolute atomic E-state index is 0.352. The summed E-state index contributed by atoms with van der Waals surface area (Å²) in [5.74, 6) is 0. The van der Waals surface area contributed by atoms with Gasteiger partial charge in [-0.1, -0.05) is 26.7 Å². The lowest BCUT2D eigenvalue weighted by molar-refractivity contribution is -0.0179. The zero-order chi connectivity index (χ0) is 14.3. The molecule has 0 aromatic carbocycles. The van der Waals surface area contributed by atoms with Crippen molar-refractivity contribution in [3.8, 4) is 0 Å². The van der Waals surface area contributed by atoms with Crippen LogP contribution in [0.3, 0.4) is 0 Å². The topological polar surface area (TPSA) is 29.3 Å². The van der Waals surface area contributed by atoms with Crippen LogP contribution in [0.1, 0.15) is 78.1 Å². The van der Waals surface area contributed by atoms with E-state index in [1.54, 1.807) is 0 Å². The Morgan fingerprint density at radius 1 is 0.800 bits per heavy atom. The van der Waals surface area contributed by atoms with Crippen molar-refractivity contribution in [3.05, 3.63) is 0 Å². The monoisotopic (exact) mass is 278 g/mol. The van der Waals surface area contributed by atoms with Crippen molar-refractivity contribution in [1.29, 1.82) is 0 Å². The van der Waals surface area contributed by atoms with Crippen molar-refractivity contribution in [3.63, 3.8) is 0 Å². The fourth-order valence-electron chi connectivity index (χ4n) is 5.11. The number of nitrogens with zero attached hydrogens (tertiary/aromatic N) is 1. The third-order valence-corrected chi connectivity index (χ3v) is 7.07. The fraction of sp³-hybridized carbons (Fsp3) is 1.00. The summed E-state index contributed by atoms with van der Waals surface area (Å²) in [6.45, 7) is 8.28. The van der Waals surface area contributed by atoms with E-state index in [2.05, 4.69) is 18.7 Å². The highest BCUT2D eigenvalue weighted by molar-refractivity contribution is 5.02. The second-order valence-electron chi connectivity index (χ2n) is 8.79. The molecule has 2 nitrogen and oxygen atoms in total. The minimum Gasteiger partial charge on any atom is -0.329 e. The smallest absolute Gasteiger partial charge is 0.0332 e. The van der Waals surface area contributed by atoms with Gasteiger partial charge < -0.3 is 5.73 Å². The average molecular weight is 278 g/mol. The Labute approximate surface area is 125 Å². The van der Waals surface area contributed by atoms with Crippen LogP contribution in [0.5, 0.6) is 0 Å². The van der Waals surface area contributed by atoms with E-state index < -0.39 is 0 Å². The first kappa shape index (κ1) is 14.8. The van der Waals surface area contributed by atoms with Crippen LogP contribution >= 0.6 is 0 Å². The molecule has 0 aromatic rings. The van der Waals surface area contributed by atoms with Crippen molar-refractivity contribution < 1.29 is 0 Å². The van der Waals surface area contributed by atoms with E-state index in [1.165, 1.54) is 77.3 Å². The highest BCUT2D eigenvalue weighted by atomic mass is 15.2. The molecule has 2 heteroatoms. The van der Waals surface area contributed by atoms with E-state index in [9.17, 15) is 0 Å². The number of hydrogen-bond donors (Lipinski definition) is 1. The molecule has 0 atom stereocenters. The predicted octanol–water partition coefficient (Wildman–Crippen LogP) is 3.94. The minimum atomic E-state index is 0.352. The molecule has 0 bridgehead atoms. The molecule has 3 fully saturated rings. The van der Waals surface area contributed by atoms with E-state index in [0.717, 1.165) is 12.0 Å². The SMILES string of the molecule is CC1(C)CCN(C2(CN)CCC3(CCCC3)CC2)CC1. The van der Waals surface area contributed by atoms with Gasteiger partial charge in [-0.25, -0.2) is 0 Å². The number of hydrogen-bond acceptors (Lipinski definition) is 2. The molecular formula is C18H34N2. The summed E-state index contributed by atoms with van der Waals surface area (Å²) in [6, 6.07) is 0. The molecule has 2 N–H and O–H groups in total. The molecule has 0 unspecified atom stereocenters. The summed E-state index contributed by atoms with van der Waals surface area (Å²) in [5, 5.41) is 0. The van der Waals surface area contributed by atoms with Crippen LogP contribution in [-0.4, -0.2) is 30.1 Å². The molecule has 2 aliphatic carbocycles. The normalized spacial score (nSPS) is 32.5. The molecule has 0 radical (unpaired) electrons. The van der Waals surface area contributed by atoms with Gasteiger partial charge in [0.2, 0.25) is 0 Å². The number of rotatable bonds is 2. The largest absolute Gasteiger partial charge is 0.329 e. The van der Waals surface area contributed by atoms with Gasteiger partial charge in [-0.3, -0.25) is 4.90 Å². The molecular weight excluding hydrogens is 244 g/mol. The number of piperidine rings is 1. The summed E-state index contributed by atoms with van der Waals surface area (Å²) in [6.07, 6.45) is 14.3. The van der Waals surface area contributed by atoms with Gasteiger partial charge in [0, 0.05) is 12.1 Å². The van der Waals surface area contributed by atoms with Crippen LogP contribution in [0.15, 0.2) is 0 Å². The molecule has 1 saturated heterocycles. The van der Waals surface area contributed by atoms with Crippen molar-refractivity contribution in [2.24, 2.45) is 16.6 Å². The van der Waals surface area contributed by atoms with Gasteiger partial charge >= 0.3 is 0 Å². The van der Waals surface area contributed by atoms with Crippen LogP contribution in [-0.2, 0) is 0 Å². The second-order valence-corrected chi connectivity index (χ2v) is 8.79. The number of nitrogens with two attached hydrogens (primary N) is 1. The molecule has 1 spiro atoms. The van der Waals surface area contributed by atoms with Gasteiger partial charge in [-0.15, -0.1) is 0 Å². The molecule has 0 aromatic heterocycles. The highest BCUT2D eigenvalue weighted by Gasteiger charge is 2.46. The van der Waals surface area contributed by atoms with Crippen LogP contribution in [0.25, 0.3) is 0 Å². The Morgan fingerprint density at radius 2 is 1.35 bits per heavy atom. The van der Waals surface area contributed by atoms with E-state index in [4.69, 9.17) is 5.73 Å². The Bertz CT molecular complexity index is 321. The lowest BCUT2D eigenvalue weighted by Gasteiger charge is -2.53. The van der Waals surface area contributed by atoms with Crippen LogP contribution < -0.4 is 5.73 Å². The summed E-state index contributed by atoms with van der Waals surface area (Å²) >= 11 is 0. The van der Waals surface area contributed by atoms with Gasteiger partial charge in [0.05, 0.1) is 0 Å². The summed E-state index contributed by atoms with van der Waals surface area (Å²) < 4.78 is 0. The maximum absolute atomic E-state index is 6.28. The van der Waals surface area contributed by atoms with Gasteiger partial charge in [0.15, 0.2) is 0 Å². The van der Waals surface area contributed by atoms with Crippen molar-refractivity contribution in [2.75, 3.05) is 19.6 Å². The predicted molar refractivity (Wildman–Crippen MR) is 85.7 cm³/mol. The quantitative estimate of drug-likeness (QED) is 0.829. The first-order valence-corrected chi connectivity index (χ1v) is 8.95. The molecule has 3 aliphatic rings. The Morgan fingerprint density at radius 3 is 1.85 bits per heavy atom. The molecule has 3 rings (SSSR count). The highest BCUT2D eigenvalue weighted by Crippen LogP contribution is 2.52. The van der Waals surface area contributed by atoms with E-state index in [-0.39, 0.29) is 0 Å². The molecule has 0 amide bonds. The Kier molecular flexibility index (Phi) is 3.92. The molecule has 1 heterocycles. The first-order chi connectivity index (χ1) is 9.49. The van der Waals surface area contributed by atoms with Crippen molar-refractivity contribution >= 4 is 0 Å². The van der Waals surface area contributed by atoms with E-state index in [1.807, 2.05) is 0 Å². The summed E-state index contributed by atoms with van der Waals surface area (Å²) in [7, 11) is 0. The standard InChI is InChI=1S/C18H34N2/c1-16(2)11-13-20(14-12-16)18(15-19)9-7-17(8-10-18)5-3-4-6-17/h3-15,19H2,1-2H3. The van der Waals surface area contributed by atoms with Gasteiger partial charge in [-0.2, -0.15) is 0 Å².